The number of nitrogens with one attached hydrogen (secondary N) is 1. The Balaban J connectivity index is 1.70. The average Bonchev–Trinajstić information content (AvgIpc) is 2.86. The highest BCUT2D eigenvalue weighted by Gasteiger charge is 2.34. The Morgan fingerprint density at radius 1 is 1.18 bits per heavy atom. The Morgan fingerprint density at radius 2 is 1.89 bits per heavy atom. The summed E-state index contributed by atoms with van der Waals surface area (Å²) in [5.41, 5.74) is 1.22. The lowest BCUT2D eigenvalue weighted by Gasteiger charge is -2.40. The van der Waals surface area contributed by atoms with Gasteiger partial charge in [-0.25, -0.2) is 18.2 Å². The van der Waals surface area contributed by atoms with Crippen molar-refractivity contribution in [1.82, 2.24) is 9.29 Å². The number of nitrogens with zero attached hydrogens (tertiary/aromatic N) is 3. The molecule has 1 aliphatic heterocycles. The molecule has 0 aliphatic carbocycles. The number of anilines is 2. The number of aromatic nitrogens is 1. The predicted molar refractivity (Wildman–Crippen MR) is 134 cm³/mol. The van der Waals surface area contributed by atoms with Crippen molar-refractivity contribution in [3.05, 3.63) is 48.2 Å². The number of carbonyl (C=O) groups is 1. The fraction of sp³-hybridized carbons (Fsp3) is 0.360. The summed E-state index contributed by atoms with van der Waals surface area (Å²) in [5, 5.41) is 21.1. The van der Waals surface area contributed by atoms with Gasteiger partial charge in [0.2, 0.25) is 10.0 Å². The molecule has 38 heavy (non-hydrogen) atoms. The molecule has 2 aromatic rings. The van der Waals surface area contributed by atoms with E-state index in [-0.39, 0.29) is 30.2 Å². The van der Waals surface area contributed by atoms with Crippen molar-refractivity contribution in [2.75, 3.05) is 29.9 Å². The zero-order chi connectivity index (χ0) is 27.9. The monoisotopic (exact) mass is 550 g/mol. The number of sulfonamides is 1. The molecule has 1 aromatic carbocycles. The number of aliphatic hydroxyl groups is 1. The van der Waals surface area contributed by atoms with E-state index in [9.17, 15) is 31.5 Å². The summed E-state index contributed by atoms with van der Waals surface area (Å²) in [5.74, 6) is 10.2. The Labute approximate surface area is 218 Å². The van der Waals surface area contributed by atoms with E-state index in [1.54, 1.807) is 31.2 Å². The summed E-state index contributed by atoms with van der Waals surface area (Å²) in [6.45, 7) is 2.18. The molecule has 202 valence electrons. The van der Waals surface area contributed by atoms with Crippen LogP contribution in [-0.4, -0.2) is 65.9 Å². The summed E-state index contributed by atoms with van der Waals surface area (Å²) in [7, 11) is -3.92. The Kier molecular flexibility index (Phi) is 9.22. The van der Waals surface area contributed by atoms with Crippen LogP contribution in [0.2, 0.25) is 0 Å². The molecule has 9 nitrogen and oxygen atoms in total. The molecule has 2 heterocycles. The third-order valence-corrected chi connectivity index (χ3v) is 7.43. The van der Waals surface area contributed by atoms with Crippen LogP contribution >= 0.6 is 0 Å². The zero-order valence-electron chi connectivity index (χ0n) is 20.2. The van der Waals surface area contributed by atoms with Gasteiger partial charge in [0.05, 0.1) is 6.10 Å². The molecule has 1 unspecified atom stereocenters. The number of rotatable bonds is 6. The highest BCUT2D eigenvalue weighted by molar-refractivity contribution is 7.89. The van der Waals surface area contributed by atoms with Gasteiger partial charge in [-0.3, -0.25) is 5.32 Å². The van der Waals surface area contributed by atoms with Crippen LogP contribution in [0.4, 0.5) is 29.5 Å². The van der Waals surface area contributed by atoms with Crippen LogP contribution in [0.3, 0.4) is 0 Å². The minimum Gasteiger partial charge on any atom is -0.465 e. The molecular weight excluding hydrogens is 525 g/mol. The van der Waals surface area contributed by atoms with Crippen LogP contribution in [0.15, 0.2) is 47.5 Å². The summed E-state index contributed by atoms with van der Waals surface area (Å²) < 4.78 is 64.2. The maximum absolute atomic E-state index is 13.2. The van der Waals surface area contributed by atoms with Crippen LogP contribution < -0.4 is 10.2 Å². The standard InChI is InChI=1S/C25H25F3N4O5S/c1-2-5-20-17-31(38(36,37)21-11-12-23(29-16-21)30-24(34)35)14-15-32(20)19-9-7-18(8-10-19)22(33)6-3-4-13-25(26,27)28/h7-12,16,20,22,33H,6,13-15,17H2,1H3,(H,29,30)(H,34,35)/t20-,22?/m0/s1. The Hall–Kier alpha value is -3.78. The molecule has 0 spiro atoms. The minimum absolute atomic E-state index is 0.00193. The number of benzene rings is 1. The normalized spacial score (nSPS) is 17.0. The molecule has 3 N–H and O–H groups in total. The van der Waals surface area contributed by atoms with Gasteiger partial charge in [0.25, 0.3) is 0 Å². The summed E-state index contributed by atoms with van der Waals surface area (Å²) >= 11 is 0. The van der Waals surface area contributed by atoms with Gasteiger partial charge in [-0.1, -0.05) is 29.9 Å². The largest absolute Gasteiger partial charge is 0.465 e. The highest BCUT2D eigenvalue weighted by atomic mass is 32.2. The second-order valence-electron chi connectivity index (χ2n) is 8.23. The third-order valence-electron chi connectivity index (χ3n) is 5.58. The van der Waals surface area contributed by atoms with E-state index in [1.165, 1.54) is 16.4 Å². The Bertz CT molecular complexity index is 1360. The molecule has 0 radical (unpaired) electrons. The van der Waals surface area contributed by atoms with Crippen molar-refractivity contribution >= 4 is 27.6 Å². The summed E-state index contributed by atoms with van der Waals surface area (Å²) in [6.07, 6.45) is -7.03. The molecule has 1 fully saturated rings. The van der Waals surface area contributed by atoms with Gasteiger partial charge in [0.15, 0.2) is 0 Å². The molecule has 1 saturated heterocycles. The second kappa shape index (κ2) is 12.2. The van der Waals surface area contributed by atoms with Crippen LogP contribution in [0.1, 0.15) is 31.4 Å². The number of piperazine rings is 1. The maximum atomic E-state index is 13.2. The first-order valence-electron chi connectivity index (χ1n) is 11.4. The van der Waals surface area contributed by atoms with Gasteiger partial charge in [0, 0.05) is 37.9 Å². The topological polar surface area (TPSA) is 123 Å². The fourth-order valence-corrected chi connectivity index (χ4v) is 5.16. The van der Waals surface area contributed by atoms with E-state index in [0.29, 0.717) is 12.1 Å². The number of halogens is 3. The fourth-order valence-electron chi connectivity index (χ4n) is 3.78. The van der Waals surface area contributed by atoms with E-state index in [4.69, 9.17) is 5.11 Å². The molecule has 13 heteroatoms. The van der Waals surface area contributed by atoms with Crippen molar-refractivity contribution in [1.29, 1.82) is 0 Å². The summed E-state index contributed by atoms with van der Waals surface area (Å²) in [4.78, 5) is 16.4. The minimum atomic E-state index is -4.37. The van der Waals surface area contributed by atoms with Crippen molar-refractivity contribution < 1.29 is 36.6 Å². The summed E-state index contributed by atoms with van der Waals surface area (Å²) in [6, 6.07) is 8.81. The number of amides is 1. The quantitative estimate of drug-likeness (QED) is 0.471. The first-order chi connectivity index (χ1) is 17.9. The number of hydrogen-bond donors (Lipinski definition) is 3. The smallest absolute Gasteiger partial charge is 0.410 e. The number of pyridine rings is 1. The van der Waals surface area contributed by atoms with E-state index in [1.807, 2.05) is 16.1 Å². The number of carboxylic acid groups (broad SMARTS) is 1. The van der Waals surface area contributed by atoms with Crippen molar-refractivity contribution in [3.63, 3.8) is 0 Å². The third kappa shape index (κ3) is 7.61. The molecular formula is C25H25F3N4O5S. The number of aliphatic hydroxyl groups excluding tert-OH is 1. The van der Waals surface area contributed by atoms with Gasteiger partial charge in [-0.05, 0) is 36.8 Å². The van der Waals surface area contributed by atoms with Gasteiger partial charge in [0.1, 0.15) is 23.2 Å². The molecule has 2 atom stereocenters. The zero-order valence-corrected chi connectivity index (χ0v) is 21.1. The number of hydrogen-bond acceptors (Lipinski definition) is 6. The van der Waals surface area contributed by atoms with Crippen molar-refractivity contribution in [3.8, 4) is 23.7 Å². The van der Waals surface area contributed by atoms with Crippen molar-refractivity contribution in [2.45, 2.75) is 43.0 Å². The van der Waals surface area contributed by atoms with E-state index < -0.39 is 40.9 Å². The van der Waals surface area contributed by atoms with E-state index >= 15 is 0 Å². The van der Waals surface area contributed by atoms with Gasteiger partial charge in [-0.2, -0.15) is 17.5 Å². The first-order valence-corrected chi connectivity index (χ1v) is 12.8. The molecule has 0 saturated carbocycles. The Morgan fingerprint density at radius 3 is 2.47 bits per heavy atom. The SMILES string of the molecule is CC#C[C@H]1CN(S(=O)(=O)c2ccc(NC(=O)O)nc2)CCN1c1ccc(C(O)CC#CCC(F)(F)F)cc1. The van der Waals surface area contributed by atoms with Gasteiger partial charge in [-0.15, -0.1) is 5.92 Å². The lowest BCUT2D eigenvalue weighted by Crippen LogP contribution is -2.54. The highest BCUT2D eigenvalue weighted by Crippen LogP contribution is 2.27. The molecule has 1 aromatic heterocycles. The van der Waals surface area contributed by atoms with E-state index in [2.05, 4.69) is 22.7 Å². The number of alkyl halides is 3. The molecule has 1 aliphatic rings. The molecule has 3 rings (SSSR count). The van der Waals surface area contributed by atoms with Crippen LogP contribution in [0.25, 0.3) is 0 Å². The van der Waals surface area contributed by atoms with Crippen LogP contribution in [-0.2, 0) is 10.0 Å². The van der Waals surface area contributed by atoms with Crippen LogP contribution in [0.5, 0.6) is 0 Å². The predicted octanol–water partition coefficient (Wildman–Crippen LogP) is 3.45. The van der Waals surface area contributed by atoms with E-state index in [0.717, 1.165) is 11.9 Å². The second-order valence-corrected chi connectivity index (χ2v) is 10.2. The average molecular weight is 551 g/mol. The first kappa shape index (κ1) is 28.8. The van der Waals surface area contributed by atoms with Crippen LogP contribution in [0, 0.1) is 23.7 Å². The molecule has 0 bridgehead atoms. The lowest BCUT2D eigenvalue weighted by molar-refractivity contribution is -0.123. The maximum Gasteiger partial charge on any atom is 0.410 e. The van der Waals surface area contributed by atoms with Gasteiger partial charge >= 0.3 is 12.3 Å². The molecule has 1 amide bonds. The lowest BCUT2D eigenvalue weighted by atomic mass is 10.0. The van der Waals surface area contributed by atoms with Crippen molar-refractivity contribution in [2.24, 2.45) is 0 Å². The van der Waals surface area contributed by atoms with Gasteiger partial charge < -0.3 is 15.1 Å².